The van der Waals surface area contributed by atoms with Crippen LogP contribution in [-0.4, -0.2) is 29.4 Å². The molecule has 5 nitrogen and oxygen atoms in total. The summed E-state index contributed by atoms with van der Waals surface area (Å²) in [5.41, 5.74) is 2.79. The highest BCUT2D eigenvalue weighted by Crippen LogP contribution is 2.13. The van der Waals surface area contributed by atoms with Crippen LogP contribution in [0.15, 0.2) is 12.1 Å². The highest BCUT2D eigenvalue weighted by Gasteiger charge is 2.08. The molecular formula is C9H13ClN4OS. The summed E-state index contributed by atoms with van der Waals surface area (Å²) in [4.78, 5) is 15.5. The first-order valence-corrected chi connectivity index (χ1v) is 6.36. The molecular weight excluding hydrogens is 248 g/mol. The maximum atomic E-state index is 11.7. The molecule has 1 heterocycles. The zero-order chi connectivity index (χ0) is 12.0. The number of hydrogen-bond donors (Lipinski definition) is 3. The molecule has 1 aromatic heterocycles. The lowest BCUT2D eigenvalue weighted by atomic mass is 10.2. The normalized spacial score (nSPS) is 9.94. The van der Waals surface area contributed by atoms with Crippen LogP contribution < -0.4 is 16.6 Å². The topological polar surface area (TPSA) is 80.0 Å². The van der Waals surface area contributed by atoms with Gasteiger partial charge in [0.1, 0.15) is 11.0 Å². The molecule has 1 aromatic rings. The summed E-state index contributed by atoms with van der Waals surface area (Å²) in [6, 6.07) is 3.04. The number of nitrogens with one attached hydrogen (secondary N) is 2. The summed E-state index contributed by atoms with van der Waals surface area (Å²) >= 11 is 7.41. The van der Waals surface area contributed by atoms with Crippen molar-refractivity contribution < 1.29 is 4.79 Å². The standard InChI is InChI=1S/C9H13ClN4OS/c1-16-3-2-12-9(15)6-4-7(10)13-8(5-6)14-11/h4-5H,2-3,11H2,1H3,(H,12,15)(H,13,14). The number of aromatic nitrogens is 1. The number of rotatable bonds is 5. The molecule has 0 aliphatic heterocycles. The summed E-state index contributed by atoms with van der Waals surface area (Å²) in [7, 11) is 0. The molecule has 7 heteroatoms. The maximum absolute atomic E-state index is 11.7. The van der Waals surface area contributed by atoms with Gasteiger partial charge < -0.3 is 10.7 Å². The number of anilines is 1. The quantitative estimate of drug-likeness (QED) is 0.320. The van der Waals surface area contributed by atoms with Crippen LogP contribution in [0.5, 0.6) is 0 Å². The van der Waals surface area contributed by atoms with E-state index in [-0.39, 0.29) is 11.1 Å². The fraction of sp³-hybridized carbons (Fsp3) is 0.333. The Hall–Kier alpha value is -0.980. The first-order chi connectivity index (χ1) is 7.67. The van der Waals surface area contributed by atoms with Crippen LogP contribution in [-0.2, 0) is 0 Å². The van der Waals surface area contributed by atoms with Gasteiger partial charge in [0, 0.05) is 17.9 Å². The molecule has 0 fully saturated rings. The minimum atomic E-state index is -0.185. The van der Waals surface area contributed by atoms with E-state index in [1.54, 1.807) is 17.8 Å². The van der Waals surface area contributed by atoms with E-state index < -0.39 is 0 Å². The van der Waals surface area contributed by atoms with Gasteiger partial charge in [0.25, 0.3) is 5.91 Å². The van der Waals surface area contributed by atoms with Gasteiger partial charge >= 0.3 is 0 Å². The Balaban J connectivity index is 2.71. The number of pyridine rings is 1. The molecule has 0 aliphatic rings. The number of amides is 1. The number of nitrogens with two attached hydrogens (primary N) is 1. The Morgan fingerprint density at radius 3 is 3.00 bits per heavy atom. The van der Waals surface area contributed by atoms with Crippen molar-refractivity contribution in [2.45, 2.75) is 0 Å². The molecule has 16 heavy (non-hydrogen) atoms. The van der Waals surface area contributed by atoms with Gasteiger partial charge in [-0.2, -0.15) is 11.8 Å². The molecule has 1 amide bonds. The number of nitrogens with zero attached hydrogens (tertiary/aromatic N) is 1. The predicted molar refractivity (Wildman–Crippen MR) is 67.8 cm³/mol. The predicted octanol–water partition coefficient (Wildman–Crippen LogP) is 1.11. The van der Waals surface area contributed by atoms with Crippen LogP contribution >= 0.6 is 23.4 Å². The van der Waals surface area contributed by atoms with E-state index >= 15 is 0 Å². The van der Waals surface area contributed by atoms with Crippen molar-refractivity contribution >= 4 is 35.1 Å². The van der Waals surface area contributed by atoms with E-state index in [1.807, 2.05) is 6.26 Å². The zero-order valence-corrected chi connectivity index (χ0v) is 10.4. The summed E-state index contributed by atoms with van der Waals surface area (Å²) in [6.45, 7) is 0.616. The average molecular weight is 261 g/mol. The first kappa shape index (κ1) is 13.1. The zero-order valence-electron chi connectivity index (χ0n) is 8.79. The Kier molecular flexibility index (Phi) is 5.37. The summed E-state index contributed by atoms with van der Waals surface area (Å²) in [5.74, 6) is 6.25. The minimum absolute atomic E-state index is 0.185. The van der Waals surface area contributed by atoms with Gasteiger partial charge in [-0.1, -0.05) is 11.6 Å². The van der Waals surface area contributed by atoms with Crippen molar-refractivity contribution in [2.75, 3.05) is 24.0 Å². The van der Waals surface area contributed by atoms with Gasteiger partial charge in [0.15, 0.2) is 0 Å². The second-order valence-corrected chi connectivity index (χ2v) is 4.33. The summed E-state index contributed by atoms with van der Waals surface area (Å²) in [5, 5.41) is 2.99. The molecule has 0 atom stereocenters. The Morgan fingerprint density at radius 2 is 2.38 bits per heavy atom. The molecule has 0 aliphatic carbocycles. The fourth-order valence-corrected chi connectivity index (χ4v) is 1.59. The summed E-state index contributed by atoms with van der Waals surface area (Å²) in [6.07, 6.45) is 1.98. The number of hydrazine groups is 1. The second-order valence-electron chi connectivity index (χ2n) is 2.96. The number of thioether (sulfide) groups is 1. The third kappa shape index (κ3) is 3.88. The van der Waals surface area contributed by atoms with Crippen molar-refractivity contribution in [2.24, 2.45) is 5.84 Å². The van der Waals surface area contributed by atoms with E-state index in [1.165, 1.54) is 6.07 Å². The SMILES string of the molecule is CSCCNC(=O)c1cc(Cl)nc(NN)c1. The molecule has 0 bridgehead atoms. The third-order valence-electron chi connectivity index (χ3n) is 1.80. The summed E-state index contributed by atoms with van der Waals surface area (Å²) < 4.78 is 0. The molecule has 0 spiro atoms. The third-order valence-corrected chi connectivity index (χ3v) is 2.60. The van der Waals surface area contributed by atoms with Crippen LogP contribution in [0.1, 0.15) is 10.4 Å². The van der Waals surface area contributed by atoms with Crippen molar-refractivity contribution in [3.05, 3.63) is 22.8 Å². The van der Waals surface area contributed by atoms with E-state index in [4.69, 9.17) is 17.4 Å². The molecule has 0 unspecified atom stereocenters. The lowest BCUT2D eigenvalue weighted by molar-refractivity contribution is 0.0956. The van der Waals surface area contributed by atoms with Gasteiger partial charge in [-0.05, 0) is 18.4 Å². The molecule has 0 aromatic carbocycles. The molecule has 0 radical (unpaired) electrons. The minimum Gasteiger partial charge on any atom is -0.351 e. The van der Waals surface area contributed by atoms with E-state index in [9.17, 15) is 4.79 Å². The molecule has 4 N–H and O–H groups in total. The van der Waals surface area contributed by atoms with E-state index in [0.29, 0.717) is 17.9 Å². The Morgan fingerprint density at radius 1 is 1.62 bits per heavy atom. The molecule has 0 saturated carbocycles. The van der Waals surface area contributed by atoms with Crippen LogP contribution in [0.4, 0.5) is 5.82 Å². The molecule has 1 rings (SSSR count). The lowest BCUT2D eigenvalue weighted by Crippen LogP contribution is -2.26. The average Bonchev–Trinajstić information content (AvgIpc) is 2.28. The Labute approximate surface area is 103 Å². The lowest BCUT2D eigenvalue weighted by Gasteiger charge is -2.06. The smallest absolute Gasteiger partial charge is 0.251 e. The van der Waals surface area contributed by atoms with Crippen molar-refractivity contribution in [1.29, 1.82) is 0 Å². The van der Waals surface area contributed by atoms with Crippen LogP contribution in [0.2, 0.25) is 5.15 Å². The number of nitrogen functional groups attached to an aromatic ring is 1. The van der Waals surface area contributed by atoms with Crippen LogP contribution in [0.25, 0.3) is 0 Å². The number of carbonyl (C=O) groups is 1. The number of hydrogen-bond acceptors (Lipinski definition) is 5. The molecule has 0 saturated heterocycles. The van der Waals surface area contributed by atoms with E-state index in [0.717, 1.165) is 5.75 Å². The highest BCUT2D eigenvalue weighted by molar-refractivity contribution is 7.98. The fourth-order valence-electron chi connectivity index (χ4n) is 1.07. The van der Waals surface area contributed by atoms with Gasteiger partial charge in [-0.15, -0.1) is 0 Å². The second kappa shape index (κ2) is 6.57. The first-order valence-electron chi connectivity index (χ1n) is 4.58. The number of carbonyl (C=O) groups excluding carboxylic acids is 1. The highest BCUT2D eigenvalue weighted by atomic mass is 35.5. The largest absolute Gasteiger partial charge is 0.351 e. The van der Waals surface area contributed by atoms with Crippen LogP contribution in [0.3, 0.4) is 0 Å². The van der Waals surface area contributed by atoms with Gasteiger partial charge in [0.05, 0.1) is 0 Å². The van der Waals surface area contributed by atoms with Crippen molar-refractivity contribution in [1.82, 2.24) is 10.3 Å². The van der Waals surface area contributed by atoms with Gasteiger partial charge in [0.2, 0.25) is 0 Å². The van der Waals surface area contributed by atoms with Gasteiger partial charge in [-0.3, -0.25) is 4.79 Å². The van der Waals surface area contributed by atoms with Crippen LogP contribution in [0, 0.1) is 0 Å². The maximum Gasteiger partial charge on any atom is 0.251 e. The Bertz CT molecular complexity index is 375. The number of halogens is 1. The van der Waals surface area contributed by atoms with Crippen molar-refractivity contribution in [3.8, 4) is 0 Å². The van der Waals surface area contributed by atoms with Crippen molar-refractivity contribution in [3.63, 3.8) is 0 Å². The van der Waals surface area contributed by atoms with Gasteiger partial charge in [-0.25, -0.2) is 10.8 Å². The van der Waals surface area contributed by atoms with E-state index in [2.05, 4.69) is 15.7 Å². The molecule has 88 valence electrons. The monoisotopic (exact) mass is 260 g/mol.